The van der Waals surface area contributed by atoms with E-state index < -0.39 is 0 Å². The lowest BCUT2D eigenvalue weighted by atomic mass is 9.61. The number of esters is 2. The van der Waals surface area contributed by atoms with E-state index in [1.807, 2.05) is 0 Å². The number of carbonyl (C=O) groups is 2. The molecule has 0 aliphatic carbocycles. The van der Waals surface area contributed by atoms with Gasteiger partial charge in [-0.15, -0.1) is 0 Å². The summed E-state index contributed by atoms with van der Waals surface area (Å²) >= 11 is 0. The van der Waals surface area contributed by atoms with Gasteiger partial charge in [0.2, 0.25) is 0 Å². The van der Waals surface area contributed by atoms with Crippen molar-refractivity contribution < 1.29 is 23.8 Å². The maximum atomic E-state index is 11.1. The van der Waals surface area contributed by atoms with Crippen LogP contribution in [0.4, 0.5) is 0 Å². The molecule has 0 saturated carbocycles. The molecule has 2 bridgehead atoms. The summed E-state index contributed by atoms with van der Waals surface area (Å²) < 4.78 is 16.6. The Kier molecular flexibility index (Phi) is 4.09. The number of fused-ring (bicyclic) bond motifs is 2. The van der Waals surface area contributed by atoms with Gasteiger partial charge in [0.05, 0.1) is 25.4 Å². The van der Waals surface area contributed by atoms with Gasteiger partial charge < -0.3 is 14.2 Å². The van der Waals surface area contributed by atoms with Crippen LogP contribution in [0.5, 0.6) is 0 Å². The topological polar surface area (TPSA) is 61.8 Å². The van der Waals surface area contributed by atoms with Gasteiger partial charge in [0.25, 0.3) is 0 Å². The first-order valence-electron chi connectivity index (χ1n) is 7.19. The van der Waals surface area contributed by atoms with Crippen LogP contribution in [0.3, 0.4) is 0 Å². The minimum atomic E-state index is -0.294. The van der Waals surface area contributed by atoms with E-state index in [0.717, 1.165) is 0 Å². The lowest BCUT2D eigenvalue weighted by molar-refractivity contribution is -0.152. The third kappa shape index (κ3) is 2.43. The number of ether oxygens (including phenoxy) is 3. The van der Waals surface area contributed by atoms with Crippen LogP contribution < -0.4 is 0 Å². The molecular weight excluding hydrogens is 260 g/mol. The summed E-state index contributed by atoms with van der Waals surface area (Å²) in [6.45, 7) is 9.86. The molecule has 0 radical (unpaired) electrons. The van der Waals surface area contributed by atoms with Crippen molar-refractivity contribution >= 4 is 11.9 Å². The largest absolute Gasteiger partial charge is 0.465 e. The lowest BCUT2D eigenvalue weighted by Gasteiger charge is -2.42. The van der Waals surface area contributed by atoms with Crippen molar-refractivity contribution in [3.8, 4) is 0 Å². The van der Waals surface area contributed by atoms with E-state index in [1.165, 1.54) is 13.8 Å². The predicted molar refractivity (Wildman–Crippen MR) is 71.9 cm³/mol. The lowest BCUT2D eigenvalue weighted by Crippen LogP contribution is -2.50. The maximum Gasteiger partial charge on any atom is 0.302 e. The van der Waals surface area contributed by atoms with E-state index in [-0.39, 0.29) is 35.5 Å². The predicted octanol–water partition coefficient (Wildman–Crippen LogP) is 1.79. The zero-order valence-corrected chi connectivity index (χ0v) is 12.8. The standard InChI is InChI=1S/C15H24O5/c1-8-9(2)14-15(5,7-19-11(4)17)12(13(8)20-14)6-18-10(3)16/h8-9,12-14H,6-7H2,1-5H3. The normalized spacial score (nSPS) is 42.5. The van der Waals surface area contributed by atoms with Gasteiger partial charge >= 0.3 is 11.9 Å². The van der Waals surface area contributed by atoms with Crippen LogP contribution in [-0.2, 0) is 23.8 Å². The Balaban J connectivity index is 2.16. The van der Waals surface area contributed by atoms with Crippen molar-refractivity contribution in [3.63, 3.8) is 0 Å². The summed E-state index contributed by atoms with van der Waals surface area (Å²) in [4.78, 5) is 22.2. The molecule has 0 aromatic rings. The summed E-state index contributed by atoms with van der Waals surface area (Å²) in [5.41, 5.74) is -0.294. The van der Waals surface area contributed by atoms with Crippen LogP contribution in [0.25, 0.3) is 0 Å². The zero-order valence-electron chi connectivity index (χ0n) is 12.8. The van der Waals surface area contributed by atoms with Crippen molar-refractivity contribution in [2.45, 2.75) is 46.8 Å². The highest BCUT2D eigenvalue weighted by atomic mass is 16.6. The summed E-state index contributed by atoms with van der Waals surface area (Å²) in [6.07, 6.45) is 0.109. The molecular formula is C15H24O5. The average molecular weight is 284 g/mol. The van der Waals surface area contributed by atoms with E-state index in [9.17, 15) is 9.59 Å². The average Bonchev–Trinajstić information content (AvgIpc) is 2.80. The van der Waals surface area contributed by atoms with E-state index in [2.05, 4.69) is 20.8 Å². The number of hydrogen-bond acceptors (Lipinski definition) is 5. The summed E-state index contributed by atoms with van der Waals surface area (Å²) in [5.74, 6) is 0.325. The molecule has 0 N–H and O–H groups in total. The van der Waals surface area contributed by atoms with Gasteiger partial charge in [0.15, 0.2) is 0 Å². The van der Waals surface area contributed by atoms with Crippen molar-refractivity contribution in [3.05, 3.63) is 0 Å². The molecule has 0 spiro atoms. The molecule has 2 heterocycles. The highest BCUT2D eigenvalue weighted by Crippen LogP contribution is 2.56. The van der Waals surface area contributed by atoms with E-state index in [4.69, 9.17) is 14.2 Å². The number of hydrogen-bond donors (Lipinski definition) is 0. The second kappa shape index (κ2) is 5.35. The Morgan fingerprint density at radius 2 is 1.70 bits per heavy atom. The van der Waals surface area contributed by atoms with Crippen molar-refractivity contribution in [1.82, 2.24) is 0 Å². The molecule has 20 heavy (non-hydrogen) atoms. The van der Waals surface area contributed by atoms with E-state index >= 15 is 0 Å². The minimum Gasteiger partial charge on any atom is -0.465 e. The third-order valence-electron chi connectivity index (χ3n) is 5.08. The molecule has 2 saturated heterocycles. The molecule has 2 aliphatic rings. The summed E-state index contributed by atoms with van der Waals surface area (Å²) in [6, 6.07) is 0. The van der Waals surface area contributed by atoms with Crippen LogP contribution in [0.1, 0.15) is 34.6 Å². The fourth-order valence-electron chi connectivity index (χ4n) is 3.73. The van der Waals surface area contributed by atoms with Gasteiger partial charge in [0, 0.05) is 25.2 Å². The molecule has 5 heteroatoms. The zero-order chi connectivity index (χ0) is 15.1. The van der Waals surface area contributed by atoms with Gasteiger partial charge in [-0.25, -0.2) is 0 Å². The molecule has 2 rings (SSSR count). The second-order valence-corrected chi connectivity index (χ2v) is 6.43. The Morgan fingerprint density at radius 1 is 1.10 bits per heavy atom. The van der Waals surface area contributed by atoms with Crippen LogP contribution in [0.2, 0.25) is 0 Å². The Labute approximate surface area is 120 Å². The second-order valence-electron chi connectivity index (χ2n) is 6.43. The fourth-order valence-corrected chi connectivity index (χ4v) is 3.73. The first-order chi connectivity index (χ1) is 9.27. The molecule has 0 aromatic carbocycles. The van der Waals surface area contributed by atoms with Crippen molar-refractivity contribution in [2.24, 2.45) is 23.2 Å². The van der Waals surface area contributed by atoms with Crippen LogP contribution in [0, 0.1) is 23.2 Å². The van der Waals surface area contributed by atoms with E-state index in [1.54, 1.807) is 0 Å². The molecule has 114 valence electrons. The van der Waals surface area contributed by atoms with E-state index in [0.29, 0.717) is 25.0 Å². The summed E-state index contributed by atoms with van der Waals surface area (Å²) in [7, 11) is 0. The van der Waals surface area contributed by atoms with Gasteiger partial charge in [-0.1, -0.05) is 20.8 Å². The molecule has 0 amide bonds. The minimum absolute atomic E-state index is 0.0439. The highest BCUT2D eigenvalue weighted by Gasteiger charge is 2.63. The molecule has 6 unspecified atom stereocenters. The quantitative estimate of drug-likeness (QED) is 0.736. The Morgan fingerprint density at radius 3 is 2.25 bits per heavy atom. The molecule has 6 atom stereocenters. The monoisotopic (exact) mass is 284 g/mol. The van der Waals surface area contributed by atoms with Gasteiger partial charge in [-0.3, -0.25) is 9.59 Å². The highest BCUT2D eigenvalue weighted by molar-refractivity contribution is 5.66. The molecule has 0 aromatic heterocycles. The van der Waals surface area contributed by atoms with Crippen molar-refractivity contribution in [1.29, 1.82) is 0 Å². The van der Waals surface area contributed by atoms with Crippen molar-refractivity contribution in [2.75, 3.05) is 13.2 Å². The first kappa shape index (κ1) is 15.3. The molecule has 2 fully saturated rings. The smallest absolute Gasteiger partial charge is 0.302 e. The van der Waals surface area contributed by atoms with Crippen LogP contribution >= 0.6 is 0 Å². The SMILES string of the molecule is CC(=O)OCC1C2OC(C(C)C2C)C1(C)COC(C)=O. The van der Waals surface area contributed by atoms with Gasteiger partial charge in [-0.2, -0.15) is 0 Å². The number of rotatable bonds is 4. The Hall–Kier alpha value is -1.10. The molecule has 2 aliphatic heterocycles. The number of carbonyl (C=O) groups excluding carboxylic acids is 2. The fraction of sp³-hybridized carbons (Fsp3) is 0.867. The third-order valence-corrected chi connectivity index (χ3v) is 5.08. The maximum absolute atomic E-state index is 11.1. The molecule has 5 nitrogen and oxygen atoms in total. The van der Waals surface area contributed by atoms with Crippen LogP contribution in [-0.4, -0.2) is 37.4 Å². The van der Waals surface area contributed by atoms with Gasteiger partial charge in [0.1, 0.15) is 0 Å². The van der Waals surface area contributed by atoms with Crippen LogP contribution in [0.15, 0.2) is 0 Å². The Bertz CT molecular complexity index is 407. The van der Waals surface area contributed by atoms with Gasteiger partial charge in [-0.05, 0) is 11.8 Å². The summed E-state index contributed by atoms with van der Waals surface area (Å²) in [5, 5.41) is 0. The first-order valence-corrected chi connectivity index (χ1v) is 7.19.